The molecule has 0 aromatic heterocycles. The van der Waals surface area contributed by atoms with E-state index in [2.05, 4.69) is 10.6 Å². The van der Waals surface area contributed by atoms with Crippen LogP contribution in [0, 0.1) is 0 Å². The smallest absolute Gasteiger partial charge is 0.315 e. The van der Waals surface area contributed by atoms with Crippen LogP contribution in [-0.2, 0) is 14.3 Å². The van der Waals surface area contributed by atoms with Crippen LogP contribution in [0.15, 0.2) is 0 Å². The molecule has 3 N–H and O–H groups in total. The van der Waals surface area contributed by atoms with Crippen LogP contribution in [0.4, 0.5) is 4.79 Å². The summed E-state index contributed by atoms with van der Waals surface area (Å²) in [6, 6.07) is -0.747. The number of carbonyl (C=O) groups excluding carboxylic acids is 1. The Morgan fingerprint density at radius 1 is 1.32 bits per heavy atom. The number of carboxylic acids is 1. The molecule has 0 bridgehead atoms. The molecule has 2 atom stereocenters. The lowest BCUT2D eigenvalue weighted by Gasteiger charge is -2.19. The third kappa shape index (κ3) is 9.26. The first-order chi connectivity index (χ1) is 9.03. The maximum atomic E-state index is 11.6. The molecule has 0 saturated heterocycles. The summed E-state index contributed by atoms with van der Waals surface area (Å²) in [5, 5.41) is 14.0. The van der Waals surface area contributed by atoms with Crippen molar-refractivity contribution in [2.24, 2.45) is 0 Å². The molecule has 0 aliphatic carbocycles. The molecule has 112 valence electrons. The first-order valence-corrected chi connectivity index (χ1v) is 6.31. The molecule has 7 heteroatoms. The van der Waals surface area contributed by atoms with Crippen LogP contribution >= 0.6 is 0 Å². The minimum absolute atomic E-state index is 0.0764. The van der Waals surface area contributed by atoms with Crippen LogP contribution in [-0.4, -0.2) is 56.6 Å². The second kappa shape index (κ2) is 10.6. The Labute approximate surface area is 113 Å². The Morgan fingerprint density at radius 3 is 2.47 bits per heavy atom. The van der Waals surface area contributed by atoms with Crippen LogP contribution in [0.3, 0.4) is 0 Å². The minimum atomic E-state index is -0.923. The number of hydrogen-bond donors (Lipinski definition) is 3. The summed E-state index contributed by atoms with van der Waals surface area (Å²) >= 11 is 0. The summed E-state index contributed by atoms with van der Waals surface area (Å²) in [5.74, 6) is -0.923. The zero-order valence-electron chi connectivity index (χ0n) is 11.8. The maximum absolute atomic E-state index is 11.6. The first-order valence-electron chi connectivity index (χ1n) is 6.31. The van der Waals surface area contributed by atoms with Crippen molar-refractivity contribution < 1.29 is 24.2 Å². The molecule has 0 spiro atoms. The summed E-state index contributed by atoms with van der Waals surface area (Å²) in [6.45, 7) is 2.63. The molecule has 0 heterocycles. The van der Waals surface area contributed by atoms with Crippen LogP contribution in [0.25, 0.3) is 0 Å². The van der Waals surface area contributed by atoms with E-state index in [-0.39, 0.29) is 18.6 Å². The van der Waals surface area contributed by atoms with Crippen molar-refractivity contribution in [2.45, 2.75) is 38.3 Å². The molecule has 2 unspecified atom stereocenters. The van der Waals surface area contributed by atoms with Gasteiger partial charge in [0.15, 0.2) is 0 Å². The Hall–Kier alpha value is -1.34. The molecule has 19 heavy (non-hydrogen) atoms. The Morgan fingerprint density at radius 2 is 2.00 bits per heavy atom. The lowest BCUT2D eigenvalue weighted by atomic mass is 10.1. The number of rotatable bonds is 10. The molecule has 0 saturated carbocycles. The number of carbonyl (C=O) groups is 2. The number of methoxy groups -OCH3 is 2. The topological polar surface area (TPSA) is 96.9 Å². The largest absolute Gasteiger partial charge is 0.481 e. The fourth-order valence-corrected chi connectivity index (χ4v) is 1.62. The highest BCUT2D eigenvalue weighted by Gasteiger charge is 2.16. The molecule has 2 amide bonds. The standard InChI is InChI=1S/C12H24N2O5/c1-4-5-9(6-11(15)16)14-12(17)13-7-10(19-3)8-18-2/h9-10H,4-8H2,1-3H3,(H,15,16)(H2,13,14,17). The van der Waals surface area contributed by atoms with E-state index in [0.29, 0.717) is 19.6 Å². The summed E-state index contributed by atoms with van der Waals surface area (Å²) in [5.41, 5.74) is 0. The van der Waals surface area contributed by atoms with E-state index in [1.807, 2.05) is 6.92 Å². The monoisotopic (exact) mass is 276 g/mol. The van der Waals surface area contributed by atoms with Crippen molar-refractivity contribution in [3.63, 3.8) is 0 Å². The second-order valence-electron chi connectivity index (χ2n) is 4.25. The van der Waals surface area contributed by atoms with Crippen molar-refractivity contribution in [2.75, 3.05) is 27.4 Å². The molecular weight excluding hydrogens is 252 g/mol. The minimum Gasteiger partial charge on any atom is -0.481 e. The second-order valence-corrected chi connectivity index (χ2v) is 4.25. The highest BCUT2D eigenvalue weighted by molar-refractivity contribution is 5.75. The average molecular weight is 276 g/mol. The van der Waals surface area contributed by atoms with Gasteiger partial charge in [-0.25, -0.2) is 4.79 Å². The molecule has 0 aromatic carbocycles. The summed E-state index contributed by atoms with van der Waals surface area (Å²) < 4.78 is 10.0. The van der Waals surface area contributed by atoms with Gasteiger partial charge >= 0.3 is 12.0 Å². The molecule has 0 aliphatic rings. The molecule has 0 aliphatic heterocycles. The number of urea groups is 1. The Balaban J connectivity index is 4.07. The van der Waals surface area contributed by atoms with Crippen LogP contribution in [0.5, 0.6) is 0 Å². The van der Waals surface area contributed by atoms with Crippen molar-refractivity contribution in [3.8, 4) is 0 Å². The van der Waals surface area contributed by atoms with Gasteiger partial charge in [-0.05, 0) is 6.42 Å². The van der Waals surface area contributed by atoms with Gasteiger partial charge in [-0.2, -0.15) is 0 Å². The predicted octanol–water partition coefficient (Wildman–Crippen LogP) is 0.590. The fraction of sp³-hybridized carbons (Fsp3) is 0.833. The average Bonchev–Trinajstić information content (AvgIpc) is 2.33. The van der Waals surface area contributed by atoms with Gasteiger partial charge in [-0.1, -0.05) is 13.3 Å². The molecule has 0 aromatic rings. The van der Waals surface area contributed by atoms with Crippen LogP contribution in [0.1, 0.15) is 26.2 Å². The highest BCUT2D eigenvalue weighted by atomic mass is 16.5. The Bertz CT molecular complexity index is 273. The van der Waals surface area contributed by atoms with Gasteiger partial charge in [-0.15, -0.1) is 0 Å². The molecular formula is C12H24N2O5. The summed E-state index contributed by atoms with van der Waals surface area (Å²) in [4.78, 5) is 22.3. The third-order valence-electron chi connectivity index (χ3n) is 2.57. The number of carboxylic acid groups (broad SMARTS) is 1. The normalized spacial score (nSPS) is 13.6. The number of ether oxygens (including phenoxy) is 2. The SMILES string of the molecule is CCCC(CC(=O)O)NC(=O)NCC(COC)OC. The summed E-state index contributed by atoms with van der Waals surface area (Å²) in [6.07, 6.45) is 1.14. The first kappa shape index (κ1) is 17.7. The van der Waals surface area contributed by atoms with Crippen LogP contribution < -0.4 is 10.6 Å². The van der Waals surface area contributed by atoms with Gasteiger partial charge in [0.25, 0.3) is 0 Å². The van der Waals surface area contributed by atoms with Crippen LogP contribution in [0.2, 0.25) is 0 Å². The number of nitrogens with one attached hydrogen (secondary N) is 2. The third-order valence-corrected chi connectivity index (χ3v) is 2.57. The number of aliphatic carboxylic acids is 1. The van der Waals surface area contributed by atoms with E-state index >= 15 is 0 Å². The van der Waals surface area contributed by atoms with E-state index < -0.39 is 12.0 Å². The summed E-state index contributed by atoms with van der Waals surface area (Å²) in [7, 11) is 3.09. The predicted molar refractivity (Wildman–Crippen MR) is 70.2 cm³/mol. The van der Waals surface area contributed by atoms with E-state index in [9.17, 15) is 9.59 Å². The van der Waals surface area contributed by atoms with Crippen molar-refractivity contribution in [3.05, 3.63) is 0 Å². The highest BCUT2D eigenvalue weighted by Crippen LogP contribution is 2.01. The zero-order valence-corrected chi connectivity index (χ0v) is 11.8. The van der Waals surface area contributed by atoms with E-state index in [4.69, 9.17) is 14.6 Å². The maximum Gasteiger partial charge on any atom is 0.315 e. The quantitative estimate of drug-likeness (QED) is 0.542. The van der Waals surface area contributed by atoms with Gasteiger partial charge in [0, 0.05) is 26.8 Å². The zero-order chi connectivity index (χ0) is 14.7. The van der Waals surface area contributed by atoms with Crippen molar-refractivity contribution in [1.82, 2.24) is 10.6 Å². The lowest BCUT2D eigenvalue weighted by molar-refractivity contribution is -0.137. The van der Waals surface area contributed by atoms with Crippen molar-refractivity contribution >= 4 is 12.0 Å². The van der Waals surface area contributed by atoms with Gasteiger partial charge in [0.2, 0.25) is 0 Å². The van der Waals surface area contributed by atoms with E-state index in [1.54, 1.807) is 7.11 Å². The van der Waals surface area contributed by atoms with E-state index in [0.717, 1.165) is 6.42 Å². The van der Waals surface area contributed by atoms with Gasteiger partial charge in [0.1, 0.15) is 0 Å². The van der Waals surface area contributed by atoms with Gasteiger partial charge < -0.3 is 25.2 Å². The van der Waals surface area contributed by atoms with Gasteiger partial charge in [-0.3, -0.25) is 4.79 Å². The molecule has 7 nitrogen and oxygen atoms in total. The van der Waals surface area contributed by atoms with Gasteiger partial charge in [0.05, 0.1) is 19.1 Å². The molecule has 0 radical (unpaired) electrons. The fourth-order valence-electron chi connectivity index (χ4n) is 1.62. The van der Waals surface area contributed by atoms with Crippen molar-refractivity contribution in [1.29, 1.82) is 0 Å². The number of hydrogen-bond acceptors (Lipinski definition) is 4. The Kier molecular flexibility index (Phi) is 9.82. The molecule has 0 fully saturated rings. The lowest BCUT2D eigenvalue weighted by Crippen LogP contribution is -2.46. The van der Waals surface area contributed by atoms with E-state index in [1.165, 1.54) is 7.11 Å². The number of amides is 2. The molecule has 0 rings (SSSR count).